The number of aryl methyl sites for hydroxylation is 2. The van der Waals surface area contributed by atoms with Gasteiger partial charge in [0.15, 0.2) is 0 Å². The summed E-state index contributed by atoms with van der Waals surface area (Å²) in [6.07, 6.45) is 9.02. The smallest absolute Gasteiger partial charge is 0.138 e. The predicted octanol–water partition coefficient (Wildman–Crippen LogP) is 1.49. The van der Waals surface area contributed by atoms with Crippen LogP contribution in [0.25, 0.3) is 0 Å². The molecule has 17 heavy (non-hydrogen) atoms. The number of rotatable bonds is 4. The van der Waals surface area contributed by atoms with Gasteiger partial charge in [0.1, 0.15) is 5.78 Å². The fraction of sp³-hybridized carbons (Fsp3) is 0.692. The fourth-order valence-electron chi connectivity index (χ4n) is 3.03. The van der Waals surface area contributed by atoms with Crippen molar-refractivity contribution in [2.24, 2.45) is 13.0 Å². The zero-order valence-corrected chi connectivity index (χ0v) is 10.1. The van der Waals surface area contributed by atoms with Crippen molar-refractivity contribution in [1.82, 2.24) is 9.78 Å². The quantitative estimate of drug-likeness (QED) is 0.792. The van der Waals surface area contributed by atoms with Gasteiger partial charge in [0.2, 0.25) is 0 Å². The Labute approximate surface area is 101 Å². The molecule has 1 aromatic rings. The summed E-state index contributed by atoms with van der Waals surface area (Å²) in [5.41, 5.74) is 1.14. The van der Waals surface area contributed by atoms with E-state index in [1.54, 1.807) is 4.68 Å². The van der Waals surface area contributed by atoms with Gasteiger partial charge in [-0.2, -0.15) is 5.10 Å². The second-order valence-corrected chi connectivity index (χ2v) is 5.20. The van der Waals surface area contributed by atoms with E-state index in [-0.39, 0.29) is 12.0 Å². The average Bonchev–Trinajstić information content (AvgIpc) is 3.01. The van der Waals surface area contributed by atoms with Gasteiger partial charge in [-0.25, -0.2) is 0 Å². The maximum atomic E-state index is 12.1. The second kappa shape index (κ2) is 4.26. The number of hydrogen-bond acceptors (Lipinski definition) is 3. The first-order valence-corrected chi connectivity index (χ1v) is 6.38. The molecule has 2 aliphatic heterocycles. The minimum Gasteiger partial charge on any atom is -0.374 e. The molecule has 0 aromatic carbocycles. The van der Waals surface area contributed by atoms with Gasteiger partial charge >= 0.3 is 0 Å². The molecule has 0 saturated carbocycles. The van der Waals surface area contributed by atoms with Crippen LogP contribution in [0.1, 0.15) is 31.2 Å². The number of fused-ring (bicyclic) bond motifs is 2. The Morgan fingerprint density at radius 1 is 1.59 bits per heavy atom. The molecular formula is C13H18N2O2. The average molecular weight is 234 g/mol. The molecule has 2 saturated heterocycles. The molecule has 3 atom stereocenters. The summed E-state index contributed by atoms with van der Waals surface area (Å²) in [4.78, 5) is 12.1. The monoisotopic (exact) mass is 234 g/mol. The standard InChI is InChI=1S/C13H18N2O2/c1-15-8-9(7-14-15)2-4-12(16)11-6-10-3-5-13(11)17-10/h7-8,10-11,13H,2-6H2,1H3. The number of carbonyl (C=O) groups excluding carboxylic acids is 1. The molecule has 0 N–H and O–H groups in total. The van der Waals surface area contributed by atoms with Gasteiger partial charge in [0.25, 0.3) is 0 Å². The topological polar surface area (TPSA) is 44.1 Å². The van der Waals surface area contributed by atoms with Crippen molar-refractivity contribution in [3.05, 3.63) is 18.0 Å². The Morgan fingerprint density at radius 3 is 3.06 bits per heavy atom. The van der Waals surface area contributed by atoms with Crippen molar-refractivity contribution in [1.29, 1.82) is 0 Å². The maximum Gasteiger partial charge on any atom is 0.138 e. The van der Waals surface area contributed by atoms with Gasteiger partial charge < -0.3 is 4.74 Å². The highest BCUT2D eigenvalue weighted by Gasteiger charge is 2.43. The van der Waals surface area contributed by atoms with Crippen LogP contribution in [0.3, 0.4) is 0 Å². The Bertz CT molecular complexity index is 427. The summed E-state index contributed by atoms with van der Waals surface area (Å²) in [5, 5.41) is 4.11. The number of nitrogens with zero attached hydrogens (tertiary/aromatic N) is 2. The van der Waals surface area contributed by atoms with Crippen LogP contribution in [-0.4, -0.2) is 27.8 Å². The molecule has 92 valence electrons. The SMILES string of the molecule is Cn1cc(CCC(=O)C2CC3CCC2O3)cn1. The normalized spacial score (nSPS) is 31.0. The van der Waals surface area contributed by atoms with Crippen LogP contribution < -0.4 is 0 Å². The van der Waals surface area contributed by atoms with Crippen molar-refractivity contribution >= 4 is 5.78 Å². The summed E-state index contributed by atoms with van der Waals surface area (Å²) in [6, 6.07) is 0. The summed E-state index contributed by atoms with van der Waals surface area (Å²) < 4.78 is 7.50. The minimum atomic E-state index is 0.172. The molecule has 3 rings (SSSR count). The molecule has 2 aliphatic rings. The molecule has 3 heterocycles. The highest BCUT2D eigenvalue weighted by Crippen LogP contribution is 2.39. The maximum absolute atomic E-state index is 12.1. The molecule has 4 heteroatoms. The van der Waals surface area contributed by atoms with Crippen LogP contribution in [0.2, 0.25) is 0 Å². The van der Waals surface area contributed by atoms with Crippen LogP contribution >= 0.6 is 0 Å². The first kappa shape index (κ1) is 11.0. The number of Topliss-reactive ketones (excluding diaryl/α,β-unsaturated/α-hetero) is 1. The molecular weight excluding hydrogens is 216 g/mol. The van der Waals surface area contributed by atoms with Crippen LogP contribution in [0.4, 0.5) is 0 Å². The van der Waals surface area contributed by atoms with Crippen molar-refractivity contribution in [2.45, 2.75) is 44.3 Å². The number of ether oxygens (including phenoxy) is 1. The van der Waals surface area contributed by atoms with E-state index in [9.17, 15) is 4.79 Å². The lowest BCUT2D eigenvalue weighted by Crippen LogP contribution is -2.25. The van der Waals surface area contributed by atoms with Crippen LogP contribution in [0, 0.1) is 5.92 Å². The van der Waals surface area contributed by atoms with Crippen LogP contribution in [0.5, 0.6) is 0 Å². The number of hydrogen-bond donors (Lipinski definition) is 0. The molecule has 2 fully saturated rings. The van der Waals surface area contributed by atoms with E-state index in [2.05, 4.69) is 5.10 Å². The Morgan fingerprint density at radius 2 is 2.47 bits per heavy atom. The summed E-state index contributed by atoms with van der Waals surface area (Å²) >= 11 is 0. The van der Waals surface area contributed by atoms with E-state index in [4.69, 9.17) is 4.74 Å². The van der Waals surface area contributed by atoms with Gasteiger partial charge in [-0.05, 0) is 31.2 Å². The fourth-order valence-corrected chi connectivity index (χ4v) is 3.03. The van der Waals surface area contributed by atoms with E-state index in [0.29, 0.717) is 18.3 Å². The molecule has 0 radical (unpaired) electrons. The van der Waals surface area contributed by atoms with Crippen molar-refractivity contribution in [2.75, 3.05) is 0 Å². The minimum absolute atomic E-state index is 0.172. The Hall–Kier alpha value is -1.16. The summed E-state index contributed by atoms with van der Waals surface area (Å²) in [5.74, 6) is 0.548. The molecule has 0 aliphatic carbocycles. The van der Waals surface area contributed by atoms with Crippen molar-refractivity contribution < 1.29 is 9.53 Å². The van der Waals surface area contributed by atoms with Crippen LogP contribution in [-0.2, 0) is 23.0 Å². The Kier molecular flexibility index (Phi) is 2.74. The van der Waals surface area contributed by atoms with Gasteiger partial charge in [-0.3, -0.25) is 9.48 Å². The predicted molar refractivity (Wildman–Crippen MR) is 62.5 cm³/mol. The molecule has 1 aromatic heterocycles. The third-order valence-electron chi connectivity index (χ3n) is 3.94. The van der Waals surface area contributed by atoms with Gasteiger partial charge in [-0.15, -0.1) is 0 Å². The highest BCUT2D eigenvalue weighted by atomic mass is 16.5. The van der Waals surface area contributed by atoms with E-state index in [1.807, 2.05) is 19.4 Å². The van der Waals surface area contributed by atoms with Crippen LogP contribution in [0.15, 0.2) is 12.4 Å². The molecule has 2 bridgehead atoms. The van der Waals surface area contributed by atoms with Crippen molar-refractivity contribution in [3.63, 3.8) is 0 Å². The molecule has 0 spiro atoms. The first-order chi connectivity index (χ1) is 8.22. The van der Waals surface area contributed by atoms with E-state index in [1.165, 1.54) is 0 Å². The largest absolute Gasteiger partial charge is 0.374 e. The highest BCUT2D eigenvalue weighted by molar-refractivity contribution is 5.82. The zero-order chi connectivity index (χ0) is 11.8. The summed E-state index contributed by atoms with van der Waals surface area (Å²) in [7, 11) is 1.90. The second-order valence-electron chi connectivity index (χ2n) is 5.20. The molecule has 4 nitrogen and oxygen atoms in total. The van der Waals surface area contributed by atoms with E-state index in [0.717, 1.165) is 31.2 Å². The third-order valence-corrected chi connectivity index (χ3v) is 3.94. The van der Waals surface area contributed by atoms with Gasteiger partial charge in [0, 0.05) is 25.6 Å². The van der Waals surface area contributed by atoms with Crippen molar-refractivity contribution in [3.8, 4) is 0 Å². The number of carbonyl (C=O) groups is 1. The summed E-state index contributed by atoms with van der Waals surface area (Å²) in [6.45, 7) is 0. The lowest BCUT2D eigenvalue weighted by Gasteiger charge is -2.16. The Balaban J connectivity index is 1.54. The number of ketones is 1. The number of aromatic nitrogens is 2. The lowest BCUT2D eigenvalue weighted by molar-refractivity contribution is -0.124. The van der Waals surface area contributed by atoms with Gasteiger partial charge in [-0.1, -0.05) is 0 Å². The van der Waals surface area contributed by atoms with E-state index < -0.39 is 0 Å². The molecule has 3 unspecified atom stereocenters. The third kappa shape index (κ3) is 2.14. The van der Waals surface area contributed by atoms with Gasteiger partial charge in [0.05, 0.1) is 18.4 Å². The first-order valence-electron chi connectivity index (χ1n) is 6.38. The lowest BCUT2D eigenvalue weighted by atomic mass is 9.84. The molecule has 0 amide bonds. The zero-order valence-electron chi connectivity index (χ0n) is 10.1. The van der Waals surface area contributed by atoms with E-state index >= 15 is 0 Å².